The first-order valence-corrected chi connectivity index (χ1v) is 4.34. The Labute approximate surface area is 80.1 Å². The number of rotatable bonds is 2. The summed E-state index contributed by atoms with van der Waals surface area (Å²) < 4.78 is 31.2. The topological polar surface area (TPSA) is 32.8 Å². The SMILES string of the molecule is C[C@H](O)[C@@]1(c2cc(F)ccc2F)CO1. The highest BCUT2D eigenvalue weighted by Gasteiger charge is 2.52. The highest BCUT2D eigenvalue weighted by molar-refractivity contribution is 5.30. The Bertz CT molecular complexity index is 359. The van der Waals surface area contributed by atoms with Crippen molar-refractivity contribution in [1.29, 1.82) is 0 Å². The fraction of sp³-hybridized carbons (Fsp3) is 0.400. The van der Waals surface area contributed by atoms with E-state index in [1.165, 1.54) is 6.92 Å². The molecular formula is C10H10F2O2. The Hall–Kier alpha value is -1.00. The molecular weight excluding hydrogens is 190 g/mol. The lowest BCUT2D eigenvalue weighted by Gasteiger charge is -2.15. The first kappa shape index (κ1) is 9.55. The molecule has 1 aliphatic rings. The van der Waals surface area contributed by atoms with Gasteiger partial charge in [0.2, 0.25) is 0 Å². The third-order valence-corrected chi connectivity index (χ3v) is 2.51. The molecule has 1 aromatic rings. The number of halogens is 2. The van der Waals surface area contributed by atoms with Crippen molar-refractivity contribution in [3.05, 3.63) is 35.4 Å². The van der Waals surface area contributed by atoms with E-state index in [2.05, 4.69) is 0 Å². The zero-order valence-electron chi connectivity index (χ0n) is 7.63. The van der Waals surface area contributed by atoms with Crippen LogP contribution in [0.5, 0.6) is 0 Å². The van der Waals surface area contributed by atoms with Gasteiger partial charge in [-0.25, -0.2) is 8.78 Å². The Morgan fingerprint density at radius 2 is 2.14 bits per heavy atom. The fourth-order valence-corrected chi connectivity index (χ4v) is 1.52. The zero-order valence-corrected chi connectivity index (χ0v) is 7.63. The van der Waals surface area contributed by atoms with E-state index in [1.807, 2.05) is 0 Å². The van der Waals surface area contributed by atoms with Crippen LogP contribution in [0, 0.1) is 11.6 Å². The van der Waals surface area contributed by atoms with Gasteiger partial charge in [-0.15, -0.1) is 0 Å². The minimum Gasteiger partial charge on any atom is -0.390 e. The molecule has 76 valence electrons. The van der Waals surface area contributed by atoms with Gasteiger partial charge in [-0.05, 0) is 25.1 Å². The third-order valence-electron chi connectivity index (χ3n) is 2.51. The lowest BCUT2D eigenvalue weighted by Crippen LogP contribution is -2.25. The molecule has 14 heavy (non-hydrogen) atoms. The number of hydrogen-bond acceptors (Lipinski definition) is 2. The molecule has 0 bridgehead atoms. The van der Waals surface area contributed by atoms with E-state index in [0.717, 1.165) is 18.2 Å². The number of aliphatic hydroxyl groups is 1. The Balaban J connectivity index is 2.46. The van der Waals surface area contributed by atoms with Crippen molar-refractivity contribution < 1.29 is 18.6 Å². The molecule has 2 nitrogen and oxygen atoms in total. The van der Waals surface area contributed by atoms with Gasteiger partial charge in [0.05, 0.1) is 12.7 Å². The van der Waals surface area contributed by atoms with E-state index in [4.69, 9.17) is 4.74 Å². The van der Waals surface area contributed by atoms with Crippen molar-refractivity contribution in [3.63, 3.8) is 0 Å². The number of ether oxygens (including phenoxy) is 1. The van der Waals surface area contributed by atoms with Crippen molar-refractivity contribution in [1.82, 2.24) is 0 Å². The molecule has 1 heterocycles. The van der Waals surface area contributed by atoms with Gasteiger partial charge in [0.15, 0.2) is 0 Å². The normalized spacial score (nSPS) is 27.4. The van der Waals surface area contributed by atoms with Crippen LogP contribution < -0.4 is 0 Å². The molecule has 0 saturated carbocycles. The minimum absolute atomic E-state index is 0.0903. The fourth-order valence-electron chi connectivity index (χ4n) is 1.52. The van der Waals surface area contributed by atoms with Crippen LogP contribution in [0.3, 0.4) is 0 Å². The molecule has 1 aliphatic heterocycles. The van der Waals surface area contributed by atoms with Gasteiger partial charge in [0.1, 0.15) is 17.2 Å². The van der Waals surface area contributed by atoms with E-state index in [1.54, 1.807) is 0 Å². The van der Waals surface area contributed by atoms with Crippen molar-refractivity contribution in [2.75, 3.05) is 6.61 Å². The van der Waals surface area contributed by atoms with Crippen LogP contribution in [0.4, 0.5) is 8.78 Å². The smallest absolute Gasteiger partial charge is 0.145 e. The van der Waals surface area contributed by atoms with Crippen LogP contribution in [0.2, 0.25) is 0 Å². The van der Waals surface area contributed by atoms with Crippen molar-refractivity contribution in [3.8, 4) is 0 Å². The average Bonchev–Trinajstić information content (AvgIpc) is 2.90. The summed E-state index contributed by atoms with van der Waals surface area (Å²) in [6, 6.07) is 3.14. The molecule has 0 aliphatic carbocycles. The molecule has 2 atom stereocenters. The summed E-state index contributed by atoms with van der Waals surface area (Å²) in [5, 5.41) is 9.40. The summed E-state index contributed by atoms with van der Waals surface area (Å²) in [5.74, 6) is -1.08. The monoisotopic (exact) mass is 200 g/mol. The molecule has 0 radical (unpaired) electrons. The lowest BCUT2D eigenvalue weighted by atomic mass is 9.94. The zero-order chi connectivity index (χ0) is 10.3. The summed E-state index contributed by atoms with van der Waals surface area (Å²) in [6.45, 7) is 1.72. The minimum atomic E-state index is -1.04. The highest BCUT2D eigenvalue weighted by Crippen LogP contribution is 2.43. The number of benzene rings is 1. The highest BCUT2D eigenvalue weighted by atomic mass is 19.1. The number of epoxide rings is 1. The molecule has 4 heteroatoms. The lowest BCUT2D eigenvalue weighted by molar-refractivity contribution is 0.0861. The standard InChI is InChI=1S/C10H10F2O2/c1-6(13)10(5-14-10)8-4-7(11)2-3-9(8)12/h2-4,6,13H,5H2,1H3/t6-,10+/m0/s1. The van der Waals surface area contributed by atoms with Gasteiger partial charge >= 0.3 is 0 Å². The van der Waals surface area contributed by atoms with Crippen LogP contribution >= 0.6 is 0 Å². The van der Waals surface area contributed by atoms with Crippen LogP contribution in [-0.4, -0.2) is 17.8 Å². The van der Waals surface area contributed by atoms with Gasteiger partial charge in [0.25, 0.3) is 0 Å². The summed E-state index contributed by atoms with van der Waals surface area (Å²) in [7, 11) is 0. The van der Waals surface area contributed by atoms with Gasteiger partial charge < -0.3 is 9.84 Å². The van der Waals surface area contributed by atoms with E-state index in [0.29, 0.717) is 0 Å². The predicted molar refractivity (Wildman–Crippen MR) is 45.7 cm³/mol. The second-order valence-corrected chi connectivity index (χ2v) is 3.48. The molecule has 1 saturated heterocycles. The molecule has 1 N–H and O–H groups in total. The van der Waals surface area contributed by atoms with E-state index in [-0.39, 0.29) is 12.2 Å². The number of aliphatic hydroxyl groups excluding tert-OH is 1. The summed E-state index contributed by atoms with van der Waals surface area (Å²) in [6.07, 6.45) is -0.848. The van der Waals surface area contributed by atoms with Crippen molar-refractivity contribution in [2.24, 2.45) is 0 Å². The maximum Gasteiger partial charge on any atom is 0.145 e. The second kappa shape index (κ2) is 3.00. The maximum absolute atomic E-state index is 13.3. The average molecular weight is 200 g/mol. The second-order valence-electron chi connectivity index (χ2n) is 3.48. The largest absolute Gasteiger partial charge is 0.390 e. The molecule has 0 spiro atoms. The Morgan fingerprint density at radius 1 is 1.50 bits per heavy atom. The van der Waals surface area contributed by atoms with Crippen LogP contribution in [-0.2, 0) is 10.3 Å². The molecule has 0 aromatic heterocycles. The maximum atomic E-state index is 13.3. The van der Waals surface area contributed by atoms with Crippen LogP contribution in [0.1, 0.15) is 12.5 Å². The Kier molecular flexibility index (Phi) is 2.05. The van der Waals surface area contributed by atoms with E-state index in [9.17, 15) is 13.9 Å². The molecule has 1 aromatic carbocycles. The third kappa shape index (κ3) is 1.31. The van der Waals surface area contributed by atoms with Crippen molar-refractivity contribution >= 4 is 0 Å². The summed E-state index contributed by atoms with van der Waals surface area (Å²) in [4.78, 5) is 0. The Morgan fingerprint density at radius 3 is 2.64 bits per heavy atom. The van der Waals surface area contributed by atoms with Gasteiger partial charge in [-0.1, -0.05) is 0 Å². The molecule has 1 fully saturated rings. The van der Waals surface area contributed by atoms with E-state index < -0.39 is 23.3 Å². The van der Waals surface area contributed by atoms with Gasteiger partial charge in [-0.3, -0.25) is 0 Å². The van der Waals surface area contributed by atoms with Crippen LogP contribution in [0.25, 0.3) is 0 Å². The first-order valence-electron chi connectivity index (χ1n) is 4.34. The number of hydrogen-bond donors (Lipinski definition) is 1. The molecule has 0 unspecified atom stereocenters. The summed E-state index contributed by atoms with van der Waals surface area (Å²) in [5.41, 5.74) is -0.945. The summed E-state index contributed by atoms with van der Waals surface area (Å²) >= 11 is 0. The molecule has 2 rings (SSSR count). The van der Waals surface area contributed by atoms with Crippen LogP contribution in [0.15, 0.2) is 18.2 Å². The van der Waals surface area contributed by atoms with Crippen molar-refractivity contribution in [2.45, 2.75) is 18.6 Å². The molecule has 0 amide bonds. The quantitative estimate of drug-likeness (QED) is 0.735. The van der Waals surface area contributed by atoms with Gasteiger partial charge in [0, 0.05) is 5.56 Å². The predicted octanol–water partition coefficient (Wildman–Crippen LogP) is 1.57. The first-order chi connectivity index (χ1) is 6.56. The van der Waals surface area contributed by atoms with E-state index >= 15 is 0 Å². The van der Waals surface area contributed by atoms with Gasteiger partial charge in [-0.2, -0.15) is 0 Å².